The minimum Gasteiger partial charge on any atom is -0.369 e. The molecule has 1 aromatic heterocycles. The second-order valence-corrected chi connectivity index (χ2v) is 9.04. The van der Waals surface area contributed by atoms with Crippen LogP contribution in [-0.4, -0.2) is 85.1 Å². The predicted molar refractivity (Wildman–Crippen MR) is 93.6 cm³/mol. The number of alkyl halides is 1. The number of rotatable bonds is 8. The van der Waals surface area contributed by atoms with Crippen LogP contribution in [0.15, 0.2) is 0 Å². The van der Waals surface area contributed by atoms with Gasteiger partial charge in [-0.3, -0.25) is 9.69 Å². The lowest BCUT2D eigenvalue weighted by molar-refractivity contribution is -0.119. The number of carbonyl (C=O) groups is 1. The number of amides is 1. The minimum atomic E-state index is -3.55. The summed E-state index contributed by atoms with van der Waals surface area (Å²) in [6.45, 7) is 0.0391. The van der Waals surface area contributed by atoms with Gasteiger partial charge in [0.15, 0.2) is 5.82 Å². The number of aromatic nitrogens is 2. The fourth-order valence-corrected chi connectivity index (χ4v) is 4.09. The van der Waals surface area contributed by atoms with Crippen LogP contribution in [0.1, 0.15) is 12.2 Å². The topological polar surface area (TPSA) is 113 Å². The number of nitrogens with zero attached hydrogens (tertiary/aromatic N) is 5. The zero-order chi connectivity index (χ0) is 18.8. The molecule has 1 aliphatic rings. The van der Waals surface area contributed by atoms with Crippen molar-refractivity contribution in [2.75, 3.05) is 44.9 Å². The third-order valence-corrected chi connectivity index (χ3v) is 6.01. The first kappa shape index (κ1) is 19.9. The lowest BCUT2D eigenvalue weighted by Crippen LogP contribution is -2.45. The van der Waals surface area contributed by atoms with Crippen LogP contribution in [0.4, 0.5) is 9.52 Å². The SMILES string of the molecule is CN(C)c1nc(CN(C[C@@H]2C[C@H](F)CN2CC(N)=O)S(C)(=O)=O)ns1. The molecule has 0 spiro atoms. The van der Waals surface area contributed by atoms with Crippen molar-refractivity contribution in [1.29, 1.82) is 0 Å². The second-order valence-electron chi connectivity index (χ2n) is 6.33. The van der Waals surface area contributed by atoms with Crippen molar-refractivity contribution < 1.29 is 17.6 Å². The van der Waals surface area contributed by atoms with Crippen LogP contribution in [0.2, 0.25) is 0 Å². The fourth-order valence-electron chi connectivity index (χ4n) is 2.71. The Morgan fingerprint density at radius 3 is 2.68 bits per heavy atom. The Kier molecular flexibility index (Phi) is 6.30. The second kappa shape index (κ2) is 7.89. The summed E-state index contributed by atoms with van der Waals surface area (Å²) >= 11 is 1.17. The number of hydrogen-bond acceptors (Lipinski definition) is 8. The highest BCUT2D eigenvalue weighted by molar-refractivity contribution is 7.88. The summed E-state index contributed by atoms with van der Waals surface area (Å²) in [4.78, 5) is 18.8. The molecule has 12 heteroatoms. The van der Waals surface area contributed by atoms with Gasteiger partial charge in [0.25, 0.3) is 0 Å². The number of sulfonamides is 1. The summed E-state index contributed by atoms with van der Waals surface area (Å²) in [5, 5.41) is 0.670. The number of carbonyl (C=O) groups excluding carboxylic acids is 1. The quantitative estimate of drug-likeness (QED) is 0.618. The number of anilines is 1. The molecular weight excluding hydrogens is 371 g/mol. The molecule has 9 nitrogen and oxygen atoms in total. The van der Waals surface area contributed by atoms with Gasteiger partial charge >= 0.3 is 0 Å². The maximum atomic E-state index is 13.7. The molecule has 1 aliphatic heterocycles. The first-order valence-corrected chi connectivity index (χ1v) is 10.3. The Morgan fingerprint density at radius 1 is 1.48 bits per heavy atom. The van der Waals surface area contributed by atoms with Crippen molar-refractivity contribution in [2.24, 2.45) is 5.73 Å². The minimum absolute atomic E-state index is 0.00103. The van der Waals surface area contributed by atoms with E-state index in [1.54, 1.807) is 9.80 Å². The molecule has 2 heterocycles. The van der Waals surface area contributed by atoms with Crippen LogP contribution >= 0.6 is 11.5 Å². The van der Waals surface area contributed by atoms with Gasteiger partial charge in [-0.05, 0) is 6.42 Å². The summed E-state index contributed by atoms with van der Waals surface area (Å²) in [6.07, 6.45) is 0.141. The van der Waals surface area contributed by atoms with Gasteiger partial charge in [0.05, 0.1) is 19.3 Å². The van der Waals surface area contributed by atoms with Crippen LogP contribution < -0.4 is 10.6 Å². The Balaban J connectivity index is 2.13. The summed E-state index contributed by atoms with van der Waals surface area (Å²) in [5.41, 5.74) is 5.19. The Hall–Kier alpha value is -1.37. The molecule has 1 amide bonds. The van der Waals surface area contributed by atoms with Crippen LogP contribution in [0.3, 0.4) is 0 Å². The highest BCUT2D eigenvalue weighted by Crippen LogP contribution is 2.23. The van der Waals surface area contributed by atoms with Gasteiger partial charge in [0.2, 0.25) is 21.1 Å². The van der Waals surface area contributed by atoms with Crippen LogP contribution in [-0.2, 0) is 21.4 Å². The van der Waals surface area contributed by atoms with Gasteiger partial charge in [0.1, 0.15) is 6.17 Å². The molecule has 0 aliphatic carbocycles. The standard InChI is InChI=1S/C13H23FN6O3S2/c1-18(2)13-16-12(17-24-13)8-20(25(3,22)23)6-10-4-9(14)5-19(10)7-11(15)21/h9-10H,4-8H2,1-3H3,(H2,15,21)/t9-,10-/m0/s1. The van der Waals surface area contributed by atoms with Gasteiger partial charge in [-0.15, -0.1) is 0 Å². The Labute approximate surface area is 150 Å². The first-order chi connectivity index (χ1) is 11.6. The molecule has 1 saturated heterocycles. The first-order valence-electron chi connectivity index (χ1n) is 7.67. The molecule has 1 aromatic rings. The van der Waals surface area contributed by atoms with E-state index in [1.807, 2.05) is 14.1 Å². The van der Waals surface area contributed by atoms with Crippen molar-refractivity contribution in [2.45, 2.75) is 25.2 Å². The third kappa shape index (κ3) is 5.56. The van der Waals surface area contributed by atoms with E-state index in [0.717, 1.165) is 6.26 Å². The van der Waals surface area contributed by atoms with Crippen molar-refractivity contribution in [1.82, 2.24) is 18.6 Å². The predicted octanol–water partition coefficient (Wildman–Crippen LogP) is -0.737. The fraction of sp³-hybridized carbons (Fsp3) is 0.769. The van der Waals surface area contributed by atoms with Crippen molar-refractivity contribution in [3.8, 4) is 0 Å². The van der Waals surface area contributed by atoms with E-state index in [2.05, 4.69) is 9.36 Å². The molecule has 0 unspecified atom stereocenters. The zero-order valence-corrected chi connectivity index (χ0v) is 16.1. The molecule has 0 radical (unpaired) electrons. The van der Waals surface area contributed by atoms with E-state index < -0.39 is 28.1 Å². The summed E-state index contributed by atoms with van der Waals surface area (Å²) in [5.74, 6) is -0.183. The molecule has 25 heavy (non-hydrogen) atoms. The Morgan fingerprint density at radius 2 is 2.16 bits per heavy atom. The average Bonchev–Trinajstić information content (AvgIpc) is 3.04. The summed E-state index contributed by atoms with van der Waals surface area (Å²) in [7, 11) is 0.0875. The van der Waals surface area contributed by atoms with E-state index in [0.29, 0.717) is 11.0 Å². The van der Waals surface area contributed by atoms with E-state index in [4.69, 9.17) is 5.73 Å². The number of hydrogen-bond donors (Lipinski definition) is 1. The van der Waals surface area contributed by atoms with Gasteiger partial charge in [-0.25, -0.2) is 17.8 Å². The number of halogens is 1. The van der Waals surface area contributed by atoms with Gasteiger partial charge < -0.3 is 10.6 Å². The van der Waals surface area contributed by atoms with Crippen molar-refractivity contribution in [3.63, 3.8) is 0 Å². The maximum Gasteiger partial charge on any atom is 0.231 e. The number of primary amides is 1. The summed E-state index contributed by atoms with van der Waals surface area (Å²) < 4.78 is 43.4. The molecule has 2 rings (SSSR count). The van der Waals surface area contributed by atoms with Crippen LogP contribution in [0.5, 0.6) is 0 Å². The lowest BCUT2D eigenvalue weighted by Gasteiger charge is -2.27. The van der Waals surface area contributed by atoms with Gasteiger partial charge in [0, 0.05) is 44.8 Å². The zero-order valence-electron chi connectivity index (χ0n) is 14.4. The van der Waals surface area contributed by atoms with E-state index >= 15 is 0 Å². The van der Waals surface area contributed by atoms with Gasteiger partial charge in [-0.1, -0.05) is 0 Å². The summed E-state index contributed by atoms with van der Waals surface area (Å²) in [6, 6.07) is -0.413. The van der Waals surface area contributed by atoms with E-state index in [1.165, 1.54) is 15.8 Å². The van der Waals surface area contributed by atoms with Crippen molar-refractivity contribution >= 4 is 32.6 Å². The lowest BCUT2D eigenvalue weighted by atomic mass is 10.2. The molecule has 2 N–H and O–H groups in total. The largest absolute Gasteiger partial charge is 0.369 e. The smallest absolute Gasteiger partial charge is 0.231 e. The Bertz CT molecular complexity index is 710. The number of nitrogens with two attached hydrogens (primary N) is 1. The monoisotopic (exact) mass is 394 g/mol. The van der Waals surface area contributed by atoms with Crippen molar-refractivity contribution in [3.05, 3.63) is 5.82 Å². The third-order valence-electron chi connectivity index (χ3n) is 3.88. The van der Waals surface area contributed by atoms with Crippen LogP contribution in [0.25, 0.3) is 0 Å². The number of likely N-dealkylation sites (tertiary alicyclic amines) is 1. The molecule has 142 valence electrons. The molecular formula is C13H23FN6O3S2. The molecule has 0 bridgehead atoms. The van der Waals surface area contributed by atoms with E-state index in [-0.39, 0.29) is 32.6 Å². The van der Waals surface area contributed by atoms with E-state index in [9.17, 15) is 17.6 Å². The molecule has 2 atom stereocenters. The molecule has 1 fully saturated rings. The van der Waals surface area contributed by atoms with Gasteiger partial charge in [-0.2, -0.15) is 8.68 Å². The molecule has 0 aromatic carbocycles. The normalized spacial score (nSPS) is 21.8. The highest BCUT2D eigenvalue weighted by Gasteiger charge is 2.36. The maximum absolute atomic E-state index is 13.7. The highest BCUT2D eigenvalue weighted by atomic mass is 32.2. The molecule has 0 saturated carbocycles. The van der Waals surface area contributed by atoms with Crippen LogP contribution in [0, 0.1) is 0 Å². The average molecular weight is 394 g/mol.